The van der Waals surface area contributed by atoms with E-state index in [2.05, 4.69) is 10.4 Å². The second-order valence-corrected chi connectivity index (χ2v) is 4.84. The molecule has 0 aliphatic heterocycles. The Bertz CT molecular complexity index is 686. The molecule has 23 heavy (non-hydrogen) atoms. The predicted octanol–water partition coefficient (Wildman–Crippen LogP) is 1.17. The fraction of sp³-hybridized carbons (Fsp3) is 0.286. The van der Waals surface area contributed by atoms with E-state index < -0.39 is 16.8 Å². The Balaban J connectivity index is 1.76. The van der Waals surface area contributed by atoms with Gasteiger partial charge in [0.2, 0.25) is 5.91 Å². The van der Waals surface area contributed by atoms with Crippen LogP contribution in [0.15, 0.2) is 36.7 Å². The molecule has 1 unspecified atom stereocenters. The molecular formula is C14H15FN4O4. The molecule has 0 spiro atoms. The van der Waals surface area contributed by atoms with Gasteiger partial charge in [-0.3, -0.25) is 19.6 Å². The lowest BCUT2D eigenvalue weighted by atomic mass is 10.1. The van der Waals surface area contributed by atoms with Crippen LogP contribution in [0, 0.1) is 15.9 Å². The molecule has 2 aromatic rings. The molecule has 122 valence electrons. The van der Waals surface area contributed by atoms with Crippen LogP contribution in [0.2, 0.25) is 0 Å². The van der Waals surface area contributed by atoms with E-state index in [1.165, 1.54) is 35.1 Å². The van der Waals surface area contributed by atoms with Gasteiger partial charge in [-0.05, 0) is 17.7 Å². The van der Waals surface area contributed by atoms with Crippen molar-refractivity contribution in [2.75, 3.05) is 6.54 Å². The van der Waals surface area contributed by atoms with Crippen molar-refractivity contribution in [2.24, 2.45) is 0 Å². The first kappa shape index (κ1) is 16.6. The van der Waals surface area contributed by atoms with Gasteiger partial charge in [0.25, 0.3) is 0 Å². The van der Waals surface area contributed by atoms with E-state index in [0.717, 1.165) is 6.20 Å². The highest BCUT2D eigenvalue weighted by Gasteiger charge is 2.12. The van der Waals surface area contributed by atoms with Gasteiger partial charge in [0.1, 0.15) is 18.2 Å². The third-order valence-electron chi connectivity index (χ3n) is 3.15. The number of aryl methyl sites for hydroxylation is 1. The molecule has 1 atom stereocenters. The van der Waals surface area contributed by atoms with Gasteiger partial charge in [-0.15, -0.1) is 0 Å². The Morgan fingerprint density at radius 2 is 2.13 bits per heavy atom. The second kappa shape index (κ2) is 7.45. The van der Waals surface area contributed by atoms with Crippen LogP contribution < -0.4 is 5.32 Å². The van der Waals surface area contributed by atoms with E-state index in [4.69, 9.17) is 0 Å². The lowest BCUT2D eigenvalue weighted by Crippen LogP contribution is -2.29. The van der Waals surface area contributed by atoms with Gasteiger partial charge in [0, 0.05) is 19.5 Å². The molecule has 0 radical (unpaired) electrons. The van der Waals surface area contributed by atoms with Gasteiger partial charge in [0.05, 0.1) is 11.0 Å². The largest absolute Gasteiger partial charge is 0.387 e. The number of aromatic nitrogens is 2. The number of nitrogens with one attached hydrogen (secondary N) is 1. The third kappa shape index (κ3) is 4.85. The van der Waals surface area contributed by atoms with Crippen molar-refractivity contribution in [2.45, 2.75) is 19.1 Å². The summed E-state index contributed by atoms with van der Waals surface area (Å²) in [5.41, 5.74) is 0.353. The number of hydrogen-bond acceptors (Lipinski definition) is 5. The summed E-state index contributed by atoms with van der Waals surface area (Å²) < 4.78 is 14.1. The van der Waals surface area contributed by atoms with E-state index in [1.54, 1.807) is 0 Å². The van der Waals surface area contributed by atoms with Gasteiger partial charge in [-0.1, -0.05) is 12.1 Å². The molecule has 9 heteroatoms. The number of carbonyl (C=O) groups is 1. The Hall–Kier alpha value is -2.81. The molecule has 2 rings (SSSR count). The predicted molar refractivity (Wildman–Crippen MR) is 77.9 cm³/mol. The standard InChI is InChI=1S/C14H15FN4O4/c15-11-3-1-10(2-4-11)13(20)8-16-14(21)5-6-18-9-12(7-17-18)19(22)23/h1-4,7,9,13,20H,5-6,8H2,(H,16,21). The van der Waals surface area contributed by atoms with Gasteiger partial charge in [-0.25, -0.2) is 4.39 Å². The number of aliphatic hydroxyl groups is 1. The summed E-state index contributed by atoms with van der Waals surface area (Å²) in [7, 11) is 0. The number of amides is 1. The van der Waals surface area contributed by atoms with Crippen LogP contribution in [0.25, 0.3) is 0 Å². The number of rotatable bonds is 7. The maximum Gasteiger partial charge on any atom is 0.306 e. The zero-order chi connectivity index (χ0) is 16.8. The molecule has 0 fully saturated rings. The number of carbonyl (C=O) groups excluding carboxylic acids is 1. The molecule has 0 saturated heterocycles. The fourth-order valence-corrected chi connectivity index (χ4v) is 1.89. The molecule has 1 heterocycles. The maximum absolute atomic E-state index is 12.8. The summed E-state index contributed by atoms with van der Waals surface area (Å²) in [5.74, 6) is -0.734. The summed E-state index contributed by atoms with van der Waals surface area (Å²) >= 11 is 0. The Labute approximate surface area is 130 Å². The van der Waals surface area contributed by atoms with Crippen molar-refractivity contribution < 1.29 is 19.2 Å². The van der Waals surface area contributed by atoms with Crippen molar-refractivity contribution in [1.29, 1.82) is 0 Å². The molecule has 0 aliphatic rings. The van der Waals surface area contributed by atoms with E-state index >= 15 is 0 Å². The van der Waals surface area contributed by atoms with Gasteiger partial charge in [-0.2, -0.15) is 5.10 Å². The zero-order valence-corrected chi connectivity index (χ0v) is 12.1. The van der Waals surface area contributed by atoms with Crippen LogP contribution in [-0.2, 0) is 11.3 Å². The van der Waals surface area contributed by atoms with Crippen molar-refractivity contribution in [3.8, 4) is 0 Å². The minimum atomic E-state index is -0.939. The van der Waals surface area contributed by atoms with Crippen LogP contribution in [-0.4, -0.2) is 32.3 Å². The molecule has 0 bridgehead atoms. The second-order valence-electron chi connectivity index (χ2n) is 4.84. The molecule has 1 amide bonds. The maximum atomic E-state index is 12.8. The number of nitrogens with zero attached hydrogens (tertiary/aromatic N) is 3. The van der Waals surface area contributed by atoms with Crippen LogP contribution in [0.4, 0.5) is 10.1 Å². The number of hydrogen-bond donors (Lipinski definition) is 2. The summed E-state index contributed by atoms with van der Waals surface area (Å²) in [6, 6.07) is 5.33. The Morgan fingerprint density at radius 3 is 2.74 bits per heavy atom. The lowest BCUT2D eigenvalue weighted by molar-refractivity contribution is -0.385. The number of aliphatic hydroxyl groups excluding tert-OH is 1. The monoisotopic (exact) mass is 322 g/mol. The van der Waals surface area contributed by atoms with Gasteiger partial charge >= 0.3 is 5.69 Å². The van der Waals surface area contributed by atoms with E-state index in [1.807, 2.05) is 0 Å². The Kier molecular flexibility index (Phi) is 5.36. The highest BCUT2D eigenvalue weighted by molar-refractivity contribution is 5.75. The Morgan fingerprint density at radius 1 is 1.43 bits per heavy atom. The van der Waals surface area contributed by atoms with E-state index in [0.29, 0.717) is 5.56 Å². The molecule has 8 nitrogen and oxygen atoms in total. The van der Waals surface area contributed by atoms with Crippen molar-refractivity contribution >= 4 is 11.6 Å². The minimum Gasteiger partial charge on any atom is -0.387 e. The molecular weight excluding hydrogens is 307 g/mol. The quantitative estimate of drug-likeness (QED) is 0.587. The topological polar surface area (TPSA) is 110 Å². The van der Waals surface area contributed by atoms with Crippen LogP contribution >= 0.6 is 0 Å². The summed E-state index contributed by atoms with van der Waals surface area (Å²) in [5, 5.41) is 26.7. The average molecular weight is 322 g/mol. The smallest absolute Gasteiger partial charge is 0.306 e. The van der Waals surface area contributed by atoms with Crippen molar-refractivity contribution in [3.63, 3.8) is 0 Å². The van der Waals surface area contributed by atoms with Crippen molar-refractivity contribution in [3.05, 3.63) is 58.2 Å². The summed E-state index contributed by atoms with van der Waals surface area (Å²) in [6.07, 6.45) is 1.47. The first-order chi connectivity index (χ1) is 11.0. The molecule has 1 aromatic heterocycles. The van der Waals surface area contributed by atoms with Crippen LogP contribution in [0.5, 0.6) is 0 Å². The normalized spacial score (nSPS) is 11.9. The number of halogens is 1. The summed E-state index contributed by atoms with van der Waals surface area (Å²) in [4.78, 5) is 21.6. The van der Waals surface area contributed by atoms with Gasteiger partial charge < -0.3 is 10.4 Å². The van der Waals surface area contributed by atoms with Crippen LogP contribution in [0.3, 0.4) is 0 Å². The highest BCUT2D eigenvalue weighted by atomic mass is 19.1. The minimum absolute atomic E-state index is 0.0102. The van der Waals surface area contributed by atoms with Gasteiger partial charge in [0.15, 0.2) is 0 Å². The zero-order valence-electron chi connectivity index (χ0n) is 12.1. The van der Waals surface area contributed by atoms with E-state index in [9.17, 15) is 24.4 Å². The molecule has 2 N–H and O–H groups in total. The highest BCUT2D eigenvalue weighted by Crippen LogP contribution is 2.12. The van der Waals surface area contributed by atoms with E-state index in [-0.39, 0.29) is 31.1 Å². The first-order valence-corrected chi connectivity index (χ1v) is 6.83. The summed E-state index contributed by atoms with van der Waals surface area (Å²) in [6.45, 7) is 0.177. The number of benzene rings is 1. The van der Waals surface area contributed by atoms with Crippen molar-refractivity contribution in [1.82, 2.24) is 15.1 Å². The third-order valence-corrected chi connectivity index (χ3v) is 3.15. The molecule has 1 aromatic carbocycles. The lowest BCUT2D eigenvalue weighted by Gasteiger charge is -2.12. The molecule has 0 aliphatic carbocycles. The molecule has 0 saturated carbocycles. The van der Waals surface area contributed by atoms with Crippen LogP contribution in [0.1, 0.15) is 18.1 Å². The number of nitro groups is 1. The average Bonchev–Trinajstić information content (AvgIpc) is 3.00. The first-order valence-electron chi connectivity index (χ1n) is 6.83. The fourth-order valence-electron chi connectivity index (χ4n) is 1.89. The SMILES string of the molecule is O=C(CCn1cc([N+](=O)[O-])cn1)NCC(O)c1ccc(F)cc1.